The van der Waals surface area contributed by atoms with E-state index in [1.807, 2.05) is 12.1 Å². The summed E-state index contributed by atoms with van der Waals surface area (Å²) in [4.78, 5) is 1.11. The standard InChI is InChI=1S/C12H9Br2F2NS/c13-9-2-3-10(15)8(12(9)16)6-17-5-7-1-4-11(14)18-7/h1-4,17H,5-6H2. The number of benzene rings is 1. The van der Waals surface area contributed by atoms with Crippen molar-refractivity contribution in [2.24, 2.45) is 0 Å². The van der Waals surface area contributed by atoms with Crippen molar-refractivity contribution in [1.29, 1.82) is 0 Å². The zero-order valence-electron chi connectivity index (χ0n) is 9.14. The first kappa shape index (κ1) is 14.1. The summed E-state index contributed by atoms with van der Waals surface area (Å²) in [5, 5.41) is 3.03. The SMILES string of the molecule is Fc1ccc(Br)c(F)c1CNCc1ccc(Br)s1. The van der Waals surface area contributed by atoms with Crippen LogP contribution in [0, 0.1) is 11.6 Å². The van der Waals surface area contributed by atoms with Gasteiger partial charge < -0.3 is 5.32 Å². The van der Waals surface area contributed by atoms with Crippen molar-refractivity contribution in [1.82, 2.24) is 5.32 Å². The molecule has 0 amide bonds. The van der Waals surface area contributed by atoms with E-state index >= 15 is 0 Å². The second kappa shape index (κ2) is 6.23. The zero-order chi connectivity index (χ0) is 13.1. The van der Waals surface area contributed by atoms with Gasteiger partial charge in [0.2, 0.25) is 0 Å². The van der Waals surface area contributed by atoms with Crippen LogP contribution in [0.2, 0.25) is 0 Å². The average Bonchev–Trinajstić information content (AvgIpc) is 2.74. The monoisotopic (exact) mass is 395 g/mol. The van der Waals surface area contributed by atoms with Crippen molar-refractivity contribution in [3.05, 3.63) is 54.6 Å². The van der Waals surface area contributed by atoms with E-state index in [0.717, 1.165) is 8.66 Å². The van der Waals surface area contributed by atoms with Gasteiger partial charge in [0.05, 0.1) is 8.26 Å². The van der Waals surface area contributed by atoms with E-state index < -0.39 is 11.6 Å². The molecule has 1 N–H and O–H groups in total. The van der Waals surface area contributed by atoms with Crippen molar-refractivity contribution in [3.8, 4) is 0 Å². The van der Waals surface area contributed by atoms with Gasteiger partial charge in [0, 0.05) is 23.5 Å². The molecule has 0 spiro atoms. The minimum atomic E-state index is -0.546. The predicted octanol–water partition coefficient (Wildman–Crippen LogP) is 4.84. The van der Waals surface area contributed by atoms with Gasteiger partial charge in [0.15, 0.2) is 0 Å². The maximum Gasteiger partial charge on any atom is 0.144 e. The number of hydrogen-bond donors (Lipinski definition) is 1. The molecule has 0 saturated heterocycles. The summed E-state index contributed by atoms with van der Waals surface area (Å²) in [6.07, 6.45) is 0. The van der Waals surface area contributed by atoms with Crippen molar-refractivity contribution < 1.29 is 8.78 Å². The lowest BCUT2D eigenvalue weighted by atomic mass is 10.2. The third kappa shape index (κ3) is 3.38. The molecule has 0 aliphatic carbocycles. The minimum Gasteiger partial charge on any atom is -0.308 e. The van der Waals surface area contributed by atoms with Crippen LogP contribution in [0.1, 0.15) is 10.4 Å². The van der Waals surface area contributed by atoms with Crippen molar-refractivity contribution in [2.45, 2.75) is 13.1 Å². The highest BCUT2D eigenvalue weighted by molar-refractivity contribution is 9.11. The highest BCUT2D eigenvalue weighted by atomic mass is 79.9. The molecule has 0 aliphatic heterocycles. The number of thiophene rings is 1. The van der Waals surface area contributed by atoms with Gasteiger partial charge in [-0.05, 0) is 56.1 Å². The number of nitrogens with one attached hydrogen (secondary N) is 1. The van der Waals surface area contributed by atoms with Crippen molar-refractivity contribution in [2.75, 3.05) is 0 Å². The van der Waals surface area contributed by atoms with Gasteiger partial charge in [0.25, 0.3) is 0 Å². The molecule has 0 fully saturated rings. The Hall–Kier alpha value is -0.300. The molecule has 0 unspecified atom stereocenters. The molecule has 96 valence electrons. The summed E-state index contributed by atoms with van der Waals surface area (Å²) in [5.74, 6) is -1.08. The fourth-order valence-electron chi connectivity index (χ4n) is 1.49. The van der Waals surface area contributed by atoms with Crippen LogP contribution in [0.15, 0.2) is 32.5 Å². The maximum absolute atomic E-state index is 13.7. The predicted molar refractivity (Wildman–Crippen MR) is 76.6 cm³/mol. The van der Waals surface area contributed by atoms with Crippen LogP contribution in [-0.4, -0.2) is 0 Å². The minimum absolute atomic E-state index is 0.0556. The molecular formula is C12H9Br2F2NS. The van der Waals surface area contributed by atoms with Crippen LogP contribution in [0.5, 0.6) is 0 Å². The molecule has 0 bridgehead atoms. The zero-order valence-corrected chi connectivity index (χ0v) is 13.1. The average molecular weight is 397 g/mol. The van der Waals surface area contributed by atoms with Gasteiger partial charge >= 0.3 is 0 Å². The summed E-state index contributed by atoms with van der Waals surface area (Å²) >= 11 is 8.00. The molecule has 6 heteroatoms. The molecule has 2 aromatic rings. The first-order valence-electron chi connectivity index (χ1n) is 5.15. The quantitative estimate of drug-likeness (QED) is 0.729. The van der Waals surface area contributed by atoms with Gasteiger partial charge in [-0.25, -0.2) is 8.78 Å². The lowest BCUT2D eigenvalue weighted by Crippen LogP contribution is -2.14. The van der Waals surface area contributed by atoms with E-state index in [1.54, 1.807) is 11.3 Å². The first-order chi connectivity index (χ1) is 8.58. The fraction of sp³-hybridized carbons (Fsp3) is 0.167. The first-order valence-corrected chi connectivity index (χ1v) is 7.55. The maximum atomic E-state index is 13.7. The normalized spacial score (nSPS) is 10.9. The molecule has 0 radical (unpaired) electrons. The van der Waals surface area contributed by atoms with E-state index in [-0.39, 0.29) is 16.6 Å². The Morgan fingerprint density at radius 1 is 1.06 bits per heavy atom. The van der Waals surface area contributed by atoms with E-state index in [1.165, 1.54) is 12.1 Å². The molecule has 0 atom stereocenters. The molecule has 1 heterocycles. The Bertz CT molecular complexity index is 557. The lowest BCUT2D eigenvalue weighted by molar-refractivity contribution is 0.532. The Balaban J connectivity index is 2.00. The van der Waals surface area contributed by atoms with Gasteiger partial charge in [-0.3, -0.25) is 0 Å². The summed E-state index contributed by atoms with van der Waals surface area (Å²) < 4.78 is 28.4. The van der Waals surface area contributed by atoms with Gasteiger partial charge in [-0.15, -0.1) is 11.3 Å². The van der Waals surface area contributed by atoms with Gasteiger partial charge in [-0.1, -0.05) is 0 Å². The van der Waals surface area contributed by atoms with Crippen LogP contribution < -0.4 is 5.32 Å². The van der Waals surface area contributed by atoms with Crippen LogP contribution in [0.4, 0.5) is 8.78 Å². The Kier molecular flexibility index (Phi) is 4.89. The Morgan fingerprint density at radius 3 is 2.50 bits per heavy atom. The molecule has 1 nitrogen and oxygen atoms in total. The Labute approximate surface area is 124 Å². The van der Waals surface area contributed by atoms with Crippen molar-refractivity contribution in [3.63, 3.8) is 0 Å². The van der Waals surface area contributed by atoms with E-state index in [4.69, 9.17) is 0 Å². The van der Waals surface area contributed by atoms with E-state index in [2.05, 4.69) is 37.2 Å². The second-order valence-electron chi connectivity index (χ2n) is 3.63. The Morgan fingerprint density at radius 2 is 1.83 bits per heavy atom. The van der Waals surface area contributed by atoms with Crippen molar-refractivity contribution >= 4 is 43.2 Å². The van der Waals surface area contributed by atoms with Crippen LogP contribution in [-0.2, 0) is 13.1 Å². The van der Waals surface area contributed by atoms with E-state index in [0.29, 0.717) is 6.54 Å². The summed E-state index contributed by atoms with van der Waals surface area (Å²) in [5.41, 5.74) is 0.0556. The van der Waals surface area contributed by atoms with Crippen LogP contribution in [0.3, 0.4) is 0 Å². The topological polar surface area (TPSA) is 12.0 Å². The molecule has 1 aromatic carbocycles. The van der Waals surface area contributed by atoms with Gasteiger partial charge in [0.1, 0.15) is 11.6 Å². The number of halogens is 4. The van der Waals surface area contributed by atoms with Crippen LogP contribution >= 0.6 is 43.2 Å². The highest BCUT2D eigenvalue weighted by Crippen LogP contribution is 2.23. The second-order valence-corrected chi connectivity index (χ2v) is 7.03. The van der Waals surface area contributed by atoms with Gasteiger partial charge in [-0.2, -0.15) is 0 Å². The van der Waals surface area contributed by atoms with E-state index in [9.17, 15) is 8.78 Å². The number of rotatable bonds is 4. The smallest absolute Gasteiger partial charge is 0.144 e. The summed E-state index contributed by atoms with van der Waals surface area (Å²) in [6, 6.07) is 6.54. The third-order valence-electron chi connectivity index (χ3n) is 2.37. The lowest BCUT2D eigenvalue weighted by Gasteiger charge is -2.07. The third-order valence-corrected chi connectivity index (χ3v) is 4.60. The fourth-order valence-corrected chi connectivity index (χ4v) is 3.31. The largest absolute Gasteiger partial charge is 0.308 e. The molecule has 2 rings (SSSR count). The number of hydrogen-bond acceptors (Lipinski definition) is 2. The molecule has 0 aliphatic rings. The molecule has 0 saturated carbocycles. The molecular weight excluding hydrogens is 388 g/mol. The summed E-state index contributed by atoms with van der Waals surface area (Å²) in [6.45, 7) is 0.744. The molecule has 1 aromatic heterocycles. The van der Waals surface area contributed by atoms with Crippen LogP contribution in [0.25, 0.3) is 0 Å². The highest BCUT2D eigenvalue weighted by Gasteiger charge is 2.11. The summed E-state index contributed by atoms with van der Waals surface area (Å²) in [7, 11) is 0. The molecule has 18 heavy (non-hydrogen) atoms.